The number of nitrogens with one attached hydrogen (secondary N) is 1. The van der Waals surface area contributed by atoms with Gasteiger partial charge in [-0.2, -0.15) is 0 Å². The first-order chi connectivity index (χ1) is 7.55. The van der Waals surface area contributed by atoms with Crippen LogP contribution in [0.3, 0.4) is 0 Å². The number of aliphatic carboxylic acids is 1. The lowest BCUT2D eigenvalue weighted by Gasteiger charge is -2.38. The minimum absolute atomic E-state index is 0.223. The summed E-state index contributed by atoms with van der Waals surface area (Å²) in [6.45, 7) is 1.73. The van der Waals surface area contributed by atoms with Crippen molar-refractivity contribution in [3.8, 4) is 0 Å². The highest BCUT2D eigenvalue weighted by Crippen LogP contribution is 2.43. The van der Waals surface area contributed by atoms with E-state index in [-0.39, 0.29) is 11.7 Å². The highest BCUT2D eigenvalue weighted by Gasteiger charge is 2.44. The molecule has 1 fully saturated rings. The average molecular weight is 224 g/mol. The third-order valence-electron chi connectivity index (χ3n) is 3.66. The molecule has 0 spiro atoms. The molecule has 0 saturated heterocycles. The molecule has 0 aliphatic heterocycles. The fourth-order valence-corrected chi connectivity index (χ4v) is 2.59. The van der Waals surface area contributed by atoms with Crippen LogP contribution in [0.15, 0.2) is 17.2 Å². The monoisotopic (exact) mass is 224 g/mol. The summed E-state index contributed by atoms with van der Waals surface area (Å²) in [6, 6.07) is -0.238. The van der Waals surface area contributed by atoms with Gasteiger partial charge in [0.15, 0.2) is 0 Å². The molecule has 16 heavy (non-hydrogen) atoms. The third-order valence-corrected chi connectivity index (χ3v) is 3.66. The van der Waals surface area contributed by atoms with Crippen LogP contribution in [-0.4, -0.2) is 20.6 Å². The number of aromatic amines is 1. The van der Waals surface area contributed by atoms with Crippen LogP contribution >= 0.6 is 0 Å². The van der Waals surface area contributed by atoms with Gasteiger partial charge in [0.2, 0.25) is 0 Å². The number of carboxylic acids is 1. The number of rotatable bonds is 2. The van der Waals surface area contributed by atoms with Crippen LogP contribution in [-0.2, 0) is 4.79 Å². The van der Waals surface area contributed by atoms with Crippen molar-refractivity contribution in [2.75, 3.05) is 0 Å². The summed E-state index contributed by atoms with van der Waals surface area (Å²) < 4.78 is 1.52. The Kier molecular flexibility index (Phi) is 2.61. The molecule has 0 aromatic carbocycles. The van der Waals surface area contributed by atoms with Crippen LogP contribution in [0.2, 0.25) is 0 Å². The number of nitrogens with zero attached hydrogens (tertiary/aromatic N) is 1. The summed E-state index contributed by atoms with van der Waals surface area (Å²) in [5, 5.41) is 9.33. The molecule has 5 heteroatoms. The lowest BCUT2D eigenvalue weighted by molar-refractivity contribution is -0.153. The lowest BCUT2D eigenvalue weighted by atomic mass is 9.71. The number of hydrogen-bond donors (Lipinski definition) is 2. The van der Waals surface area contributed by atoms with Crippen molar-refractivity contribution in [2.24, 2.45) is 5.41 Å². The van der Waals surface area contributed by atoms with Crippen LogP contribution in [0.1, 0.15) is 38.6 Å². The van der Waals surface area contributed by atoms with Crippen molar-refractivity contribution in [2.45, 2.75) is 38.6 Å². The van der Waals surface area contributed by atoms with Gasteiger partial charge in [-0.05, 0) is 19.8 Å². The molecule has 1 aliphatic rings. The number of carbonyl (C=O) groups is 1. The maximum absolute atomic E-state index is 11.5. The molecule has 0 radical (unpaired) electrons. The Morgan fingerprint density at radius 3 is 2.94 bits per heavy atom. The van der Waals surface area contributed by atoms with Gasteiger partial charge in [0.05, 0.1) is 11.5 Å². The molecule has 0 amide bonds. The van der Waals surface area contributed by atoms with Gasteiger partial charge in [-0.15, -0.1) is 0 Å². The zero-order valence-corrected chi connectivity index (χ0v) is 9.27. The van der Waals surface area contributed by atoms with Crippen LogP contribution in [0.4, 0.5) is 0 Å². The Morgan fingerprint density at radius 1 is 1.62 bits per heavy atom. The zero-order valence-electron chi connectivity index (χ0n) is 9.27. The molecule has 2 N–H and O–H groups in total. The summed E-state index contributed by atoms with van der Waals surface area (Å²) in [4.78, 5) is 25.5. The molecule has 2 unspecified atom stereocenters. The summed E-state index contributed by atoms with van der Waals surface area (Å²) in [7, 11) is 0. The number of imidazole rings is 1. The first-order valence-electron chi connectivity index (χ1n) is 5.54. The molecule has 5 nitrogen and oxygen atoms in total. The van der Waals surface area contributed by atoms with Gasteiger partial charge in [-0.1, -0.05) is 12.8 Å². The minimum Gasteiger partial charge on any atom is -0.481 e. The Balaban J connectivity index is 2.41. The molecule has 1 aliphatic carbocycles. The fraction of sp³-hybridized carbons (Fsp3) is 0.636. The summed E-state index contributed by atoms with van der Waals surface area (Å²) in [5.74, 6) is -0.815. The fourth-order valence-electron chi connectivity index (χ4n) is 2.59. The smallest absolute Gasteiger partial charge is 0.325 e. The number of H-pyrrole nitrogens is 1. The van der Waals surface area contributed by atoms with Crippen LogP contribution in [0, 0.1) is 5.41 Å². The van der Waals surface area contributed by atoms with E-state index in [4.69, 9.17) is 0 Å². The largest absolute Gasteiger partial charge is 0.481 e. The van der Waals surface area contributed by atoms with Gasteiger partial charge < -0.3 is 10.1 Å². The van der Waals surface area contributed by atoms with Crippen molar-refractivity contribution in [1.29, 1.82) is 0 Å². The van der Waals surface area contributed by atoms with Gasteiger partial charge in [-0.25, -0.2) is 4.79 Å². The molecular weight excluding hydrogens is 208 g/mol. The van der Waals surface area contributed by atoms with E-state index in [1.807, 2.05) is 0 Å². The van der Waals surface area contributed by atoms with E-state index in [0.29, 0.717) is 6.42 Å². The van der Waals surface area contributed by atoms with Crippen molar-refractivity contribution >= 4 is 5.97 Å². The van der Waals surface area contributed by atoms with Gasteiger partial charge in [-0.3, -0.25) is 9.36 Å². The molecule has 1 aromatic heterocycles. The third kappa shape index (κ3) is 1.56. The molecule has 0 bridgehead atoms. The van der Waals surface area contributed by atoms with Crippen LogP contribution in [0.5, 0.6) is 0 Å². The minimum atomic E-state index is -0.829. The SMILES string of the molecule is CC1(C(=O)O)CCCCC1n1cc[nH]c1=O. The summed E-state index contributed by atoms with van der Waals surface area (Å²) in [5.41, 5.74) is -1.05. The number of aromatic nitrogens is 2. The Morgan fingerprint density at radius 2 is 2.38 bits per heavy atom. The standard InChI is InChI=1S/C11H16N2O3/c1-11(9(14)15)5-3-2-4-8(11)13-7-6-12-10(13)16/h6-8H,2-5H2,1H3,(H,12,16)(H,14,15). The highest BCUT2D eigenvalue weighted by atomic mass is 16.4. The van der Waals surface area contributed by atoms with E-state index < -0.39 is 11.4 Å². The summed E-state index contributed by atoms with van der Waals surface area (Å²) in [6.07, 6.45) is 6.47. The predicted molar refractivity (Wildman–Crippen MR) is 58.3 cm³/mol. The molecule has 2 rings (SSSR count). The van der Waals surface area contributed by atoms with Crippen LogP contribution in [0.25, 0.3) is 0 Å². The van der Waals surface area contributed by atoms with Gasteiger partial charge in [0, 0.05) is 12.4 Å². The van der Waals surface area contributed by atoms with E-state index in [1.165, 1.54) is 4.57 Å². The Bertz CT molecular complexity index is 448. The van der Waals surface area contributed by atoms with Gasteiger partial charge in [0.1, 0.15) is 0 Å². The second-order valence-corrected chi connectivity index (χ2v) is 4.66. The maximum Gasteiger partial charge on any atom is 0.325 e. The van der Waals surface area contributed by atoms with E-state index in [2.05, 4.69) is 4.98 Å². The normalized spacial score (nSPS) is 30.2. The predicted octanol–water partition coefficient (Wildman–Crippen LogP) is 1.38. The second kappa shape index (κ2) is 3.81. The van der Waals surface area contributed by atoms with E-state index >= 15 is 0 Å². The maximum atomic E-state index is 11.5. The first-order valence-corrected chi connectivity index (χ1v) is 5.54. The quantitative estimate of drug-likeness (QED) is 0.797. The second-order valence-electron chi connectivity index (χ2n) is 4.66. The molecule has 1 saturated carbocycles. The molecule has 88 valence electrons. The number of carboxylic acid groups (broad SMARTS) is 1. The number of hydrogen-bond acceptors (Lipinski definition) is 2. The molecular formula is C11H16N2O3. The summed E-state index contributed by atoms with van der Waals surface area (Å²) >= 11 is 0. The Hall–Kier alpha value is -1.52. The van der Waals surface area contributed by atoms with E-state index in [9.17, 15) is 14.7 Å². The van der Waals surface area contributed by atoms with Crippen molar-refractivity contribution < 1.29 is 9.90 Å². The van der Waals surface area contributed by atoms with Crippen molar-refractivity contribution in [1.82, 2.24) is 9.55 Å². The van der Waals surface area contributed by atoms with Gasteiger partial charge >= 0.3 is 11.7 Å². The first kappa shape index (κ1) is 11.0. The van der Waals surface area contributed by atoms with Crippen molar-refractivity contribution in [3.05, 3.63) is 22.9 Å². The highest BCUT2D eigenvalue weighted by molar-refractivity contribution is 5.75. The molecule has 1 aromatic rings. The lowest BCUT2D eigenvalue weighted by Crippen LogP contribution is -2.42. The topological polar surface area (TPSA) is 75.1 Å². The zero-order chi connectivity index (χ0) is 11.8. The van der Waals surface area contributed by atoms with E-state index in [1.54, 1.807) is 19.3 Å². The van der Waals surface area contributed by atoms with Gasteiger partial charge in [0.25, 0.3) is 0 Å². The average Bonchev–Trinajstić information content (AvgIpc) is 2.65. The van der Waals surface area contributed by atoms with Crippen LogP contribution < -0.4 is 5.69 Å². The molecule has 2 atom stereocenters. The molecule has 1 heterocycles. The Labute approximate surface area is 93.1 Å². The van der Waals surface area contributed by atoms with Crippen molar-refractivity contribution in [3.63, 3.8) is 0 Å². The van der Waals surface area contributed by atoms with E-state index in [0.717, 1.165) is 19.3 Å².